The molecule has 88 valence electrons. The number of imidazole rings is 1. The number of H-pyrrole nitrogens is 1. The Kier molecular flexibility index (Phi) is 2.99. The zero-order valence-electron chi connectivity index (χ0n) is 10.2. The van der Waals surface area contributed by atoms with Gasteiger partial charge in [-0.25, -0.2) is 4.98 Å². The highest BCUT2D eigenvalue weighted by atomic mass is 16.2. The first-order valence-electron chi connectivity index (χ1n) is 5.91. The predicted octanol–water partition coefficient (Wildman–Crippen LogP) is 2.04. The third-order valence-corrected chi connectivity index (χ3v) is 3.07. The van der Waals surface area contributed by atoms with Crippen molar-refractivity contribution in [3.8, 4) is 0 Å². The number of aromatic amines is 1. The third kappa shape index (κ3) is 1.96. The lowest BCUT2D eigenvalue weighted by molar-refractivity contribution is -0.135. The molecule has 4 nitrogen and oxygen atoms in total. The molecule has 1 amide bonds. The number of nitrogens with one attached hydrogen (secondary N) is 1. The molecule has 0 aliphatic carbocycles. The monoisotopic (exact) mass is 221 g/mol. The predicted molar refractivity (Wildman–Crippen MR) is 61.9 cm³/mol. The summed E-state index contributed by atoms with van der Waals surface area (Å²) in [6.45, 7) is 6.75. The molecule has 1 atom stereocenters. The Labute approximate surface area is 96.1 Å². The number of hydrogen-bond donors (Lipinski definition) is 1. The molecule has 1 saturated heterocycles. The molecule has 0 saturated carbocycles. The largest absolute Gasteiger partial charge is 0.344 e. The minimum absolute atomic E-state index is 0.0664. The fraction of sp³-hybridized carbons (Fsp3) is 0.667. The lowest BCUT2D eigenvalue weighted by Crippen LogP contribution is -2.34. The quantitative estimate of drug-likeness (QED) is 0.830. The molecule has 1 aliphatic heterocycles. The maximum atomic E-state index is 12.0. The van der Waals surface area contributed by atoms with Gasteiger partial charge in [0.2, 0.25) is 5.91 Å². The average molecular weight is 221 g/mol. The first kappa shape index (κ1) is 11.2. The van der Waals surface area contributed by atoms with Gasteiger partial charge in [0.1, 0.15) is 5.82 Å². The van der Waals surface area contributed by atoms with Gasteiger partial charge in [-0.3, -0.25) is 4.79 Å². The van der Waals surface area contributed by atoms with Crippen LogP contribution in [0.5, 0.6) is 0 Å². The molecule has 1 aromatic heterocycles. The van der Waals surface area contributed by atoms with Gasteiger partial charge < -0.3 is 9.88 Å². The fourth-order valence-electron chi connectivity index (χ4n) is 2.25. The fourth-order valence-corrected chi connectivity index (χ4v) is 2.25. The van der Waals surface area contributed by atoms with Crippen LogP contribution in [-0.4, -0.2) is 27.3 Å². The maximum Gasteiger partial charge on any atom is 0.225 e. The van der Waals surface area contributed by atoms with Crippen LogP contribution in [0.4, 0.5) is 0 Å². The van der Waals surface area contributed by atoms with Gasteiger partial charge in [0.15, 0.2) is 0 Å². The standard InChI is InChI=1S/C12H19N3O/c1-8(2)12(16)15-6-4-5-10(15)11-13-7-9(3)14-11/h7-8,10H,4-6H2,1-3H3,(H,13,14)/t10-/m0/s1. The van der Waals surface area contributed by atoms with E-state index in [1.807, 2.05) is 31.9 Å². The van der Waals surface area contributed by atoms with Crippen LogP contribution in [0.3, 0.4) is 0 Å². The second kappa shape index (κ2) is 4.28. The van der Waals surface area contributed by atoms with Crippen LogP contribution in [-0.2, 0) is 4.79 Å². The Morgan fingerprint density at radius 3 is 2.94 bits per heavy atom. The van der Waals surface area contributed by atoms with Crippen molar-refractivity contribution in [3.05, 3.63) is 17.7 Å². The summed E-state index contributed by atoms with van der Waals surface area (Å²) in [6.07, 6.45) is 3.92. The molecule has 1 aliphatic rings. The molecular formula is C12H19N3O. The van der Waals surface area contributed by atoms with Gasteiger partial charge in [0, 0.05) is 24.4 Å². The molecule has 1 N–H and O–H groups in total. The van der Waals surface area contributed by atoms with Gasteiger partial charge in [-0.1, -0.05) is 13.8 Å². The van der Waals surface area contributed by atoms with E-state index in [-0.39, 0.29) is 17.9 Å². The molecule has 2 rings (SSSR count). The summed E-state index contributed by atoms with van der Waals surface area (Å²) in [6, 6.07) is 0.156. The summed E-state index contributed by atoms with van der Waals surface area (Å²) in [7, 11) is 0. The van der Waals surface area contributed by atoms with Gasteiger partial charge in [0.05, 0.1) is 6.04 Å². The zero-order chi connectivity index (χ0) is 11.7. The second-order valence-corrected chi connectivity index (χ2v) is 4.80. The van der Waals surface area contributed by atoms with Crippen LogP contribution in [0.15, 0.2) is 6.20 Å². The van der Waals surface area contributed by atoms with Gasteiger partial charge in [-0.05, 0) is 19.8 Å². The lowest BCUT2D eigenvalue weighted by Gasteiger charge is -2.24. The molecule has 2 heterocycles. The summed E-state index contributed by atoms with van der Waals surface area (Å²) in [5.41, 5.74) is 1.05. The lowest BCUT2D eigenvalue weighted by atomic mass is 10.1. The van der Waals surface area contributed by atoms with Gasteiger partial charge >= 0.3 is 0 Å². The normalized spacial score (nSPS) is 20.8. The SMILES string of the molecule is Cc1cnc([C@@H]2CCCN2C(=O)C(C)C)[nH]1. The van der Waals surface area contributed by atoms with Crippen molar-refractivity contribution in [2.45, 2.75) is 39.7 Å². The molecule has 1 fully saturated rings. The Balaban J connectivity index is 2.18. The van der Waals surface area contributed by atoms with Crippen LogP contribution in [0.2, 0.25) is 0 Å². The Hall–Kier alpha value is -1.32. The highest BCUT2D eigenvalue weighted by Gasteiger charge is 2.32. The number of aryl methyl sites for hydroxylation is 1. The highest BCUT2D eigenvalue weighted by molar-refractivity contribution is 5.78. The summed E-state index contributed by atoms with van der Waals surface area (Å²) < 4.78 is 0. The third-order valence-electron chi connectivity index (χ3n) is 3.07. The number of rotatable bonds is 2. The first-order chi connectivity index (χ1) is 7.59. The second-order valence-electron chi connectivity index (χ2n) is 4.80. The number of likely N-dealkylation sites (tertiary alicyclic amines) is 1. The van der Waals surface area contributed by atoms with Crippen molar-refractivity contribution in [1.82, 2.24) is 14.9 Å². The number of carbonyl (C=O) groups is 1. The van der Waals surface area contributed by atoms with E-state index in [1.54, 1.807) is 0 Å². The van der Waals surface area contributed by atoms with E-state index in [0.29, 0.717) is 0 Å². The minimum atomic E-state index is 0.0664. The van der Waals surface area contributed by atoms with Crippen molar-refractivity contribution in [2.75, 3.05) is 6.54 Å². The van der Waals surface area contributed by atoms with Crippen molar-refractivity contribution in [3.63, 3.8) is 0 Å². The number of amides is 1. The topological polar surface area (TPSA) is 49.0 Å². The molecule has 4 heteroatoms. The number of carbonyl (C=O) groups excluding carboxylic acids is 1. The van der Waals surface area contributed by atoms with Crippen LogP contribution in [0.1, 0.15) is 44.2 Å². The molecule has 0 bridgehead atoms. The number of aromatic nitrogens is 2. The van der Waals surface area contributed by atoms with E-state index in [1.165, 1.54) is 0 Å². The van der Waals surface area contributed by atoms with E-state index < -0.39 is 0 Å². The van der Waals surface area contributed by atoms with E-state index in [4.69, 9.17) is 0 Å². The molecule has 1 aromatic rings. The maximum absolute atomic E-state index is 12.0. The van der Waals surface area contributed by atoms with Crippen LogP contribution >= 0.6 is 0 Å². The molecular weight excluding hydrogens is 202 g/mol. The van der Waals surface area contributed by atoms with Crippen molar-refractivity contribution in [2.24, 2.45) is 5.92 Å². The Morgan fingerprint density at radius 2 is 2.38 bits per heavy atom. The average Bonchev–Trinajstić information content (AvgIpc) is 2.83. The van der Waals surface area contributed by atoms with Gasteiger partial charge in [-0.15, -0.1) is 0 Å². The molecule has 16 heavy (non-hydrogen) atoms. The molecule has 0 aromatic carbocycles. The smallest absolute Gasteiger partial charge is 0.225 e. The van der Waals surface area contributed by atoms with Gasteiger partial charge in [-0.2, -0.15) is 0 Å². The van der Waals surface area contributed by atoms with E-state index in [0.717, 1.165) is 30.9 Å². The van der Waals surface area contributed by atoms with Crippen LogP contribution < -0.4 is 0 Å². The molecule has 0 spiro atoms. The summed E-state index contributed by atoms with van der Waals surface area (Å²) in [5.74, 6) is 1.23. The van der Waals surface area contributed by atoms with Crippen LogP contribution in [0.25, 0.3) is 0 Å². The Bertz CT molecular complexity index is 383. The number of hydrogen-bond acceptors (Lipinski definition) is 2. The number of nitrogens with zero attached hydrogens (tertiary/aromatic N) is 2. The minimum Gasteiger partial charge on any atom is -0.344 e. The first-order valence-corrected chi connectivity index (χ1v) is 5.91. The van der Waals surface area contributed by atoms with E-state index >= 15 is 0 Å². The molecule has 0 radical (unpaired) electrons. The van der Waals surface area contributed by atoms with E-state index in [2.05, 4.69) is 9.97 Å². The summed E-state index contributed by atoms with van der Waals surface area (Å²) >= 11 is 0. The summed E-state index contributed by atoms with van der Waals surface area (Å²) in [5, 5.41) is 0. The Morgan fingerprint density at radius 1 is 1.62 bits per heavy atom. The van der Waals surface area contributed by atoms with Crippen molar-refractivity contribution < 1.29 is 4.79 Å². The highest BCUT2D eigenvalue weighted by Crippen LogP contribution is 2.31. The van der Waals surface area contributed by atoms with Crippen LogP contribution in [0, 0.1) is 12.8 Å². The summed E-state index contributed by atoms with van der Waals surface area (Å²) in [4.78, 5) is 21.6. The van der Waals surface area contributed by atoms with E-state index in [9.17, 15) is 4.79 Å². The molecule has 0 unspecified atom stereocenters. The zero-order valence-corrected chi connectivity index (χ0v) is 10.2. The van der Waals surface area contributed by atoms with Gasteiger partial charge in [0.25, 0.3) is 0 Å². The van der Waals surface area contributed by atoms with Crippen molar-refractivity contribution >= 4 is 5.91 Å². The van der Waals surface area contributed by atoms with Crippen molar-refractivity contribution in [1.29, 1.82) is 0 Å².